The summed E-state index contributed by atoms with van der Waals surface area (Å²) in [5.74, 6) is -0.861. The van der Waals surface area contributed by atoms with Gasteiger partial charge in [0.15, 0.2) is 0 Å². The molecular weight excluding hydrogens is 330 g/mol. The van der Waals surface area contributed by atoms with Crippen molar-refractivity contribution in [1.29, 1.82) is 0 Å². The molecule has 0 spiro atoms. The molecule has 0 unspecified atom stereocenters. The SMILES string of the molecule is CCOc1cc(C)c(C)cc1S(=O)(=O)Nc1cccc(C(=O)O)c1. The van der Waals surface area contributed by atoms with E-state index in [0.29, 0.717) is 6.61 Å². The molecule has 24 heavy (non-hydrogen) atoms. The van der Waals surface area contributed by atoms with E-state index in [9.17, 15) is 13.2 Å². The van der Waals surface area contributed by atoms with Crippen LogP contribution in [0, 0.1) is 13.8 Å². The van der Waals surface area contributed by atoms with Crippen molar-refractivity contribution in [3.8, 4) is 5.75 Å². The van der Waals surface area contributed by atoms with Gasteiger partial charge in [-0.3, -0.25) is 4.72 Å². The zero-order valence-corrected chi connectivity index (χ0v) is 14.5. The van der Waals surface area contributed by atoms with Crippen molar-refractivity contribution in [3.63, 3.8) is 0 Å². The number of aryl methyl sites for hydroxylation is 2. The molecule has 2 aromatic rings. The third-order valence-electron chi connectivity index (χ3n) is 3.51. The van der Waals surface area contributed by atoms with Crippen LogP contribution in [-0.4, -0.2) is 26.1 Å². The highest BCUT2D eigenvalue weighted by Gasteiger charge is 2.21. The molecule has 2 rings (SSSR count). The van der Waals surface area contributed by atoms with E-state index < -0.39 is 16.0 Å². The molecule has 7 heteroatoms. The van der Waals surface area contributed by atoms with Crippen molar-refractivity contribution in [1.82, 2.24) is 0 Å². The first kappa shape index (κ1) is 17.8. The van der Waals surface area contributed by atoms with Crippen LogP contribution in [0.3, 0.4) is 0 Å². The van der Waals surface area contributed by atoms with Crippen molar-refractivity contribution < 1.29 is 23.1 Å². The van der Waals surface area contributed by atoms with Crippen molar-refractivity contribution in [2.75, 3.05) is 11.3 Å². The Bertz CT molecular complexity index is 875. The Kier molecular flexibility index (Phi) is 5.14. The van der Waals surface area contributed by atoms with E-state index in [-0.39, 0.29) is 21.9 Å². The Morgan fingerprint density at radius 2 is 1.83 bits per heavy atom. The van der Waals surface area contributed by atoms with Gasteiger partial charge in [-0.05, 0) is 62.2 Å². The summed E-state index contributed by atoms with van der Waals surface area (Å²) in [6.07, 6.45) is 0. The molecule has 0 atom stereocenters. The second kappa shape index (κ2) is 6.92. The largest absolute Gasteiger partial charge is 0.492 e. The molecular formula is C17H19NO5S. The highest BCUT2D eigenvalue weighted by Crippen LogP contribution is 2.29. The van der Waals surface area contributed by atoms with Gasteiger partial charge >= 0.3 is 5.97 Å². The van der Waals surface area contributed by atoms with Crippen molar-refractivity contribution in [2.45, 2.75) is 25.7 Å². The minimum atomic E-state index is -3.92. The molecule has 0 heterocycles. The van der Waals surface area contributed by atoms with E-state index in [1.807, 2.05) is 13.8 Å². The Morgan fingerprint density at radius 3 is 2.46 bits per heavy atom. The predicted molar refractivity (Wildman–Crippen MR) is 91.3 cm³/mol. The summed E-state index contributed by atoms with van der Waals surface area (Å²) in [6, 6.07) is 8.85. The van der Waals surface area contributed by atoms with Crippen LogP contribution in [-0.2, 0) is 10.0 Å². The number of ether oxygens (including phenoxy) is 1. The standard InChI is InChI=1S/C17H19NO5S/c1-4-23-15-8-11(2)12(3)9-16(15)24(21,22)18-14-7-5-6-13(10-14)17(19)20/h5-10,18H,4H2,1-3H3,(H,19,20). The minimum Gasteiger partial charge on any atom is -0.492 e. The molecule has 0 amide bonds. The van der Waals surface area contributed by atoms with E-state index in [2.05, 4.69) is 4.72 Å². The molecule has 0 bridgehead atoms. The van der Waals surface area contributed by atoms with Gasteiger partial charge in [0, 0.05) is 5.69 Å². The van der Waals surface area contributed by atoms with Crippen LogP contribution >= 0.6 is 0 Å². The van der Waals surface area contributed by atoms with Crippen LogP contribution in [0.5, 0.6) is 5.75 Å². The third kappa shape index (κ3) is 3.86. The molecule has 0 aliphatic rings. The number of sulfonamides is 1. The highest BCUT2D eigenvalue weighted by molar-refractivity contribution is 7.92. The van der Waals surface area contributed by atoms with Crippen molar-refractivity contribution in [2.24, 2.45) is 0 Å². The fraction of sp³-hybridized carbons (Fsp3) is 0.235. The van der Waals surface area contributed by atoms with Crippen molar-refractivity contribution in [3.05, 3.63) is 53.1 Å². The second-order valence-electron chi connectivity index (χ2n) is 5.31. The Morgan fingerprint density at radius 1 is 1.17 bits per heavy atom. The fourth-order valence-electron chi connectivity index (χ4n) is 2.17. The third-order valence-corrected chi connectivity index (χ3v) is 4.91. The second-order valence-corrected chi connectivity index (χ2v) is 6.96. The lowest BCUT2D eigenvalue weighted by Crippen LogP contribution is -2.15. The van der Waals surface area contributed by atoms with Gasteiger partial charge in [0.25, 0.3) is 10.0 Å². The summed E-state index contributed by atoms with van der Waals surface area (Å²) in [7, 11) is -3.92. The summed E-state index contributed by atoms with van der Waals surface area (Å²) < 4.78 is 33.3. The zero-order valence-electron chi connectivity index (χ0n) is 13.7. The Balaban J connectivity index is 2.46. The average molecular weight is 349 g/mol. The normalized spacial score (nSPS) is 11.1. The van der Waals surface area contributed by atoms with Gasteiger partial charge in [0.1, 0.15) is 10.6 Å². The number of hydrogen-bond acceptors (Lipinski definition) is 4. The fourth-order valence-corrected chi connectivity index (χ4v) is 3.43. The molecule has 0 saturated carbocycles. The van der Waals surface area contributed by atoms with E-state index in [1.54, 1.807) is 19.1 Å². The maximum Gasteiger partial charge on any atom is 0.335 e. The number of aromatic carboxylic acids is 1. The number of carboxylic acids is 1. The van der Waals surface area contributed by atoms with Crippen LogP contribution in [0.2, 0.25) is 0 Å². The number of rotatable bonds is 6. The van der Waals surface area contributed by atoms with Gasteiger partial charge in [-0.15, -0.1) is 0 Å². The molecule has 0 saturated heterocycles. The monoisotopic (exact) mass is 349 g/mol. The maximum absolute atomic E-state index is 12.7. The molecule has 0 aromatic heterocycles. The quantitative estimate of drug-likeness (QED) is 0.835. The van der Waals surface area contributed by atoms with E-state index >= 15 is 0 Å². The maximum atomic E-state index is 12.7. The van der Waals surface area contributed by atoms with Gasteiger partial charge in [-0.1, -0.05) is 6.07 Å². The Labute approximate surface area is 141 Å². The van der Waals surface area contributed by atoms with Gasteiger partial charge in [0.05, 0.1) is 12.2 Å². The first-order chi connectivity index (χ1) is 11.2. The van der Waals surface area contributed by atoms with Crippen molar-refractivity contribution >= 4 is 21.7 Å². The number of nitrogens with one attached hydrogen (secondary N) is 1. The number of anilines is 1. The molecule has 6 nitrogen and oxygen atoms in total. The number of benzene rings is 2. The summed E-state index contributed by atoms with van der Waals surface area (Å²) in [5, 5.41) is 9.01. The van der Waals surface area contributed by atoms with E-state index in [0.717, 1.165) is 11.1 Å². The average Bonchev–Trinajstić information content (AvgIpc) is 2.50. The van der Waals surface area contributed by atoms with E-state index in [4.69, 9.17) is 9.84 Å². The predicted octanol–water partition coefficient (Wildman–Crippen LogP) is 3.20. The summed E-state index contributed by atoms with van der Waals surface area (Å²) in [5.41, 5.74) is 1.92. The molecule has 0 aliphatic carbocycles. The lowest BCUT2D eigenvalue weighted by atomic mass is 10.1. The van der Waals surface area contributed by atoms with E-state index in [1.165, 1.54) is 24.3 Å². The molecule has 2 N–H and O–H groups in total. The minimum absolute atomic E-state index is 0.000295. The van der Waals surface area contributed by atoms with Gasteiger partial charge < -0.3 is 9.84 Å². The smallest absolute Gasteiger partial charge is 0.335 e. The number of carboxylic acid groups (broad SMARTS) is 1. The van der Waals surface area contributed by atoms with Crippen LogP contribution < -0.4 is 9.46 Å². The summed E-state index contributed by atoms with van der Waals surface area (Å²) >= 11 is 0. The number of hydrogen-bond donors (Lipinski definition) is 2. The first-order valence-electron chi connectivity index (χ1n) is 7.35. The molecule has 0 radical (unpaired) electrons. The lowest BCUT2D eigenvalue weighted by Gasteiger charge is -2.15. The van der Waals surface area contributed by atoms with Gasteiger partial charge in [-0.25, -0.2) is 13.2 Å². The molecule has 128 valence electrons. The molecule has 2 aromatic carbocycles. The first-order valence-corrected chi connectivity index (χ1v) is 8.83. The van der Waals surface area contributed by atoms with Crippen LogP contribution in [0.15, 0.2) is 41.3 Å². The highest BCUT2D eigenvalue weighted by atomic mass is 32.2. The Hall–Kier alpha value is -2.54. The summed E-state index contributed by atoms with van der Waals surface area (Å²) in [4.78, 5) is 11.0. The van der Waals surface area contributed by atoms with Crippen LogP contribution in [0.4, 0.5) is 5.69 Å². The topological polar surface area (TPSA) is 92.7 Å². The molecule has 0 aliphatic heterocycles. The lowest BCUT2D eigenvalue weighted by molar-refractivity contribution is 0.0697. The summed E-state index contributed by atoms with van der Waals surface area (Å²) in [6.45, 7) is 5.79. The number of carbonyl (C=O) groups is 1. The molecule has 0 fully saturated rings. The van der Waals surface area contributed by atoms with Gasteiger partial charge in [-0.2, -0.15) is 0 Å². The zero-order chi connectivity index (χ0) is 17.9. The van der Waals surface area contributed by atoms with Crippen LogP contribution in [0.25, 0.3) is 0 Å². The van der Waals surface area contributed by atoms with Crippen LogP contribution in [0.1, 0.15) is 28.4 Å². The van der Waals surface area contributed by atoms with Gasteiger partial charge in [0.2, 0.25) is 0 Å².